The Bertz CT molecular complexity index is 582. The number of rotatable bonds is 4. The number of nitrogens with one attached hydrogen (secondary N) is 1. The number of hydrogen-bond acceptors (Lipinski definition) is 2. The normalized spacial score (nSPS) is 31.0. The van der Waals surface area contributed by atoms with Crippen LogP contribution in [0.1, 0.15) is 44.1 Å². The standard InChI is InChI=1S/C20H27FN2O.ClH/c21-17-3-1-14(2-4-17)9-15-7-8-23(13-15)20(24)12-16-10-18-5-6-19(11-16)22-18;/h1-4,15-16,18-19,22H,5-13H2;1H. The number of benzene rings is 1. The van der Waals surface area contributed by atoms with Crippen LogP contribution in [0.15, 0.2) is 24.3 Å². The Morgan fingerprint density at radius 2 is 1.76 bits per heavy atom. The summed E-state index contributed by atoms with van der Waals surface area (Å²) in [4.78, 5) is 14.7. The number of nitrogens with zero attached hydrogens (tertiary/aromatic N) is 1. The number of carbonyl (C=O) groups is 1. The molecule has 25 heavy (non-hydrogen) atoms. The summed E-state index contributed by atoms with van der Waals surface area (Å²) in [5.41, 5.74) is 1.17. The highest BCUT2D eigenvalue weighted by Crippen LogP contribution is 2.33. The molecule has 0 aliphatic carbocycles. The van der Waals surface area contributed by atoms with Crippen LogP contribution in [0.5, 0.6) is 0 Å². The fourth-order valence-electron chi connectivity index (χ4n) is 4.90. The van der Waals surface area contributed by atoms with Gasteiger partial charge in [0.05, 0.1) is 0 Å². The zero-order valence-corrected chi connectivity index (χ0v) is 15.4. The fourth-order valence-corrected chi connectivity index (χ4v) is 4.90. The van der Waals surface area contributed by atoms with E-state index in [0.717, 1.165) is 32.4 Å². The summed E-state index contributed by atoms with van der Waals surface area (Å²) in [6.07, 6.45) is 7.68. The minimum absolute atomic E-state index is 0. The van der Waals surface area contributed by atoms with Crippen molar-refractivity contribution in [2.45, 2.75) is 57.0 Å². The highest BCUT2D eigenvalue weighted by Gasteiger charge is 2.35. The van der Waals surface area contributed by atoms with Crippen molar-refractivity contribution >= 4 is 18.3 Å². The Labute approximate surface area is 155 Å². The fraction of sp³-hybridized carbons (Fsp3) is 0.650. The Morgan fingerprint density at radius 1 is 1.08 bits per heavy atom. The van der Waals surface area contributed by atoms with Gasteiger partial charge in [0.2, 0.25) is 5.91 Å². The lowest BCUT2D eigenvalue weighted by Gasteiger charge is -2.30. The average Bonchev–Trinajstić information content (AvgIpc) is 3.16. The number of fused-ring (bicyclic) bond motifs is 2. The van der Waals surface area contributed by atoms with Gasteiger partial charge in [0.1, 0.15) is 5.82 Å². The van der Waals surface area contributed by atoms with E-state index in [4.69, 9.17) is 0 Å². The molecular weight excluding hydrogens is 339 g/mol. The van der Waals surface area contributed by atoms with E-state index < -0.39 is 0 Å². The van der Waals surface area contributed by atoms with Crippen LogP contribution in [0.25, 0.3) is 0 Å². The van der Waals surface area contributed by atoms with Gasteiger partial charge in [-0.05, 0) is 68.1 Å². The molecule has 3 saturated heterocycles. The third kappa shape index (κ3) is 4.53. The van der Waals surface area contributed by atoms with Gasteiger partial charge in [0.25, 0.3) is 0 Å². The highest BCUT2D eigenvalue weighted by atomic mass is 35.5. The van der Waals surface area contributed by atoms with Crippen LogP contribution in [0.3, 0.4) is 0 Å². The van der Waals surface area contributed by atoms with Crippen molar-refractivity contribution in [3.63, 3.8) is 0 Å². The number of hydrogen-bond donors (Lipinski definition) is 1. The van der Waals surface area contributed by atoms with Crippen molar-refractivity contribution in [3.8, 4) is 0 Å². The van der Waals surface area contributed by atoms with Gasteiger partial charge in [-0.1, -0.05) is 12.1 Å². The molecule has 3 atom stereocenters. The van der Waals surface area contributed by atoms with E-state index >= 15 is 0 Å². The number of likely N-dealkylation sites (tertiary alicyclic amines) is 1. The van der Waals surface area contributed by atoms with Gasteiger partial charge < -0.3 is 10.2 Å². The largest absolute Gasteiger partial charge is 0.342 e. The minimum atomic E-state index is -0.182. The quantitative estimate of drug-likeness (QED) is 0.883. The Morgan fingerprint density at radius 3 is 2.44 bits per heavy atom. The Balaban J connectivity index is 0.00000182. The zero-order valence-electron chi connectivity index (χ0n) is 14.6. The van der Waals surface area contributed by atoms with E-state index in [9.17, 15) is 9.18 Å². The number of halogens is 2. The van der Waals surface area contributed by atoms with Gasteiger partial charge in [0, 0.05) is 31.6 Å². The summed E-state index contributed by atoms with van der Waals surface area (Å²) >= 11 is 0. The second kappa shape index (κ2) is 8.05. The maximum atomic E-state index is 13.0. The summed E-state index contributed by atoms with van der Waals surface area (Å²) in [6.45, 7) is 1.76. The maximum Gasteiger partial charge on any atom is 0.222 e. The maximum absolute atomic E-state index is 13.0. The van der Waals surface area contributed by atoms with Gasteiger partial charge in [-0.25, -0.2) is 4.39 Å². The van der Waals surface area contributed by atoms with E-state index in [1.165, 1.54) is 43.4 Å². The van der Waals surface area contributed by atoms with Gasteiger partial charge >= 0.3 is 0 Å². The number of piperidine rings is 1. The molecule has 2 bridgehead atoms. The van der Waals surface area contributed by atoms with Gasteiger partial charge in [-0.15, -0.1) is 12.4 Å². The lowest BCUT2D eigenvalue weighted by atomic mass is 9.89. The summed E-state index contributed by atoms with van der Waals surface area (Å²) in [5, 5.41) is 3.65. The predicted molar refractivity (Wildman–Crippen MR) is 99.3 cm³/mol. The molecule has 3 aliphatic heterocycles. The molecule has 1 aromatic carbocycles. The van der Waals surface area contributed by atoms with Crippen LogP contribution in [-0.4, -0.2) is 36.0 Å². The van der Waals surface area contributed by atoms with Crippen LogP contribution in [0, 0.1) is 17.7 Å². The average molecular weight is 367 g/mol. The van der Waals surface area contributed by atoms with E-state index in [1.807, 2.05) is 12.1 Å². The van der Waals surface area contributed by atoms with Crippen LogP contribution in [0.2, 0.25) is 0 Å². The van der Waals surface area contributed by atoms with E-state index in [2.05, 4.69) is 10.2 Å². The Kier molecular flexibility index (Phi) is 6.00. The predicted octanol–water partition coefficient (Wildman–Crippen LogP) is 3.56. The van der Waals surface area contributed by atoms with E-state index in [0.29, 0.717) is 29.8 Å². The molecule has 1 amide bonds. The monoisotopic (exact) mass is 366 g/mol. The van der Waals surface area contributed by atoms with Gasteiger partial charge in [-0.2, -0.15) is 0 Å². The van der Waals surface area contributed by atoms with Crippen molar-refractivity contribution in [2.75, 3.05) is 13.1 Å². The van der Waals surface area contributed by atoms with Crippen LogP contribution in [-0.2, 0) is 11.2 Å². The first-order valence-electron chi connectivity index (χ1n) is 9.44. The van der Waals surface area contributed by atoms with Crippen molar-refractivity contribution in [1.29, 1.82) is 0 Å². The molecule has 0 aromatic heterocycles. The van der Waals surface area contributed by atoms with Crippen LogP contribution < -0.4 is 5.32 Å². The topological polar surface area (TPSA) is 32.3 Å². The first-order chi connectivity index (χ1) is 11.7. The van der Waals surface area contributed by atoms with Gasteiger partial charge in [0.15, 0.2) is 0 Å². The summed E-state index contributed by atoms with van der Waals surface area (Å²) in [5.74, 6) is 1.26. The van der Waals surface area contributed by atoms with Crippen molar-refractivity contribution in [1.82, 2.24) is 10.2 Å². The molecule has 1 aromatic rings. The lowest BCUT2D eigenvalue weighted by Crippen LogP contribution is -2.40. The molecule has 3 heterocycles. The SMILES string of the molecule is Cl.O=C(CC1CC2CCC(C1)N2)N1CCC(Cc2ccc(F)cc2)C1. The molecule has 138 valence electrons. The summed E-state index contributed by atoms with van der Waals surface area (Å²) in [7, 11) is 0. The molecule has 3 aliphatic rings. The van der Waals surface area contributed by atoms with Crippen molar-refractivity contribution in [2.24, 2.45) is 11.8 Å². The van der Waals surface area contributed by atoms with E-state index in [-0.39, 0.29) is 18.2 Å². The third-order valence-electron chi connectivity index (χ3n) is 6.11. The first-order valence-corrected chi connectivity index (χ1v) is 9.44. The first kappa shape index (κ1) is 18.7. The number of amides is 1. The number of carbonyl (C=O) groups excluding carboxylic acids is 1. The summed E-state index contributed by atoms with van der Waals surface area (Å²) in [6, 6.07) is 8.10. The molecule has 3 fully saturated rings. The molecule has 3 nitrogen and oxygen atoms in total. The second-order valence-electron chi connectivity index (χ2n) is 8.00. The molecule has 0 radical (unpaired) electrons. The molecular formula is C20H28ClFN2O. The molecule has 4 rings (SSSR count). The Hall–Kier alpha value is -1.13. The van der Waals surface area contributed by atoms with E-state index in [1.54, 1.807) is 0 Å². The van der Waals surface area contributed by atoms with Crippen LogP contribution in [0.4, 0.5) is 4.39 Å². The molecule has 0 spiro atoms. The minimum Gasteiger partial charge on any atom is -0.342 e. The van der Waals surface area contributed by atoms with Crippen LogP contribution >= 0.6 is 12.4 Å². The molecule has 1 N–H and O–H groups in total. The molecule has 3 unspecified atom stereocenters. The van der Waals surface area contributed by atoms with Gasteiger partial charge in [-0.3, -0.25) is 4.79 Å². The second-order valence-corrected chi connectivity index (χ2v) is 8.00. The molecule has 5 heteroatoms. The third-order valence-corrected chi connectivity index (χ3v) is 6.11. The highest BCUT2D eigenvalue weighted by molar-refractivity contribution is 5.85. The summed E-state index contributed by atoms with van der Waals surface area (Å²) < 4.78 is 13.0. The molecule has 0 saturated carbocycles. The van der Waals surface area contributed by atoms with Crippen molar-refractivity contribution < 1.29 is 9.18 Å². The smallest absolute Gasteiger partial charge is 0.222 e. The lowest BCUT2D eigenvalue weighted by molar-refractivity contribution is -0.131. The van der Waals surface area contributed by atoms with Crippen molar-refractivity contribution in [3.05, 3.63) is 35.6 Å². The zero-order chi connectivity index (χ0) is 16.5.